The summed E-state index contributed by atoms with van der Waals surface area (Å²) >= 11 is 0. The number of halogens is 3. The van der Waals surface area contributed by atoms with Gasteiger partial charge in [-0.3, -0.25) is 4.79 Å². The minimum Gasteiger partial charge on any atom is -0.444 e. The maximum absolute atomic E-state index is 12.3. The molecule has 1 aliphatic rings. The molecule has 1 atom stereocenters. The van der Waals surface area contributed by atoms with E-state index in [1.54, 1.807) is 20.8 Å². The summed E-state index contributed by atoms with van der Waals surface area (Å²) in [6.07, 6.45) is -4.91. The average molecular weight is 330 g/mol. The van der Waals surface area contributed by atoms with Gasteiger partial charge < -0.3 is 14.5 Å². The van der Waals surface area contributed by atoms with Crippen molar-refractivity contribution in [3.8, 4) is 0 Å². The number of ether oxygens (including phenoxy) is 1. The number of likely N-dealkylation sites (tertiary alicyclic amines) is 1. The molecule has 2 amide bonds. The van der Waals surface area contributed by atoms with Crippen molar-refractivity contribution in [2.75, 3.05) is 20.1 Å². The Morgan fingerprint density at radius 1 is 1.29 bits per heavy atom. The number of hydrogen-bond acceptors (Lipinski definition) is 3. The van der Waals surface area contributed by atoms with E-state index in [1.165, 1.54) is 4.90 Å². The van der Waals surface area contributed by atoms with Crippen LogP contribution in [0.1, 0.15) is 27.2 Å². The first-order chi connectivity index (χ1) is 8.92. The topological polar surface area (TPSA) is 49.9 Å². The Morgan fingerprint density at radius 3 is 2.14 bits per heavy atom. The van der Waals surface area contributed by atoms with Crippen LogP contribution in [0.5, 0.6) is 0 Å². The molecule has 1 rings (SSSR count). The lowest BCUT2D eigenvalue weighted by atomic mass is 10.0. The molecule has 1 fully saturated rings. The molecule has 0 bridgehead atoms. The van der Waals surface area contributed by atoms with Crippen molar-refractivity contribution in [3.63, 3.8) is 0 Å². The van der Waals surface area contributed by atoms with Crippen molar-refractivity contribution in [1.29, 1.82) is 0 Å². The van der Waals surface area contributed by atoms with Crippen molar-refractivity contribution < 1.29 is 27.5 Å². The van der Waals surface area contributed by atoms with Gasteiger partial charge in [-0.15, -0.1) is 0 Å². The fourth-order valence-corrected chi connectivity index (χ4v) is 1.81. The van der Waals surface area contributed by atoms with E-state index >= 15 is 0 Å². The molecule has 0 N–H and O–H groups in total. The summed E-state index contributed by atoms with van der Waals surface area (Å²) < 4.78 is 41.9. The first-order valence-corrected chi connectivity index (χ1v) is 6.24. The van der Waals surface area contributed by atoms with Crippen LogP contribution in [-0.2, 0) is 9.53 Å². The van der Waals surface area contributed by atoms with Crippen LogP contribution in [0.15, 0.2) is 0 Å². The monoisotopic (exact) mass is 330 g/mol. The van der Waals surface area contributed by atoms with Crippen molar-refractivity contribution in [1.82, 2.24) is 9.80 Å². The van der Waals surface area contributed by atoms with Crippen LogP contribution in [0.4, 0.5) is 18.0 Å². The minimum atomic E-state index is -4.89. The molecular formula is C12H21F3N2O3S. The highest BCUT2D eigenvalue weighted by atomic mass is 32.1. The summed E-state index contributed by atoms with van der Waals surface area (Å²) in [7, 11) is 1.07. The molecule has 0 unspecified atom stereocenters. The predicted octanol–water partition coefficient (Wildman–Crippen LogP) is 2.13. The van der Waals surface area contributed by atoms with Crippen LogP contribution in [0.3, 0.4) is 0 Å². The Morgan fingerprint density at radius 2 is 1.81 bits per heavy atom. The highest BCUT2D eigenvalue weighted by Crippen LogP contribution is 2.24. The van der Waals surface area contributed by atoms with Gasteiger partial charge in [-0.2, -0.15) is 26.7 Å². The van der Waals surface area contributed by atoms with Gasteiger partial charge in [-0.25, -0.2) is 4.79 Å². The van der Waals surface area contributed by atoms with E-state index in [0.717, 1.165) is 7.05 Å². The normalized spacial score (nSPS) is 18.4. The molecule has 0 radical (unpaired) electrons. The van der Waals surface area contributed by atoms with Gasteiger partial charge in [0.25, 0.3) is 0 Å². The van der Waals surface area contributed by atoms with E-state index in [0.29, 0.717) is 17.9 Å². The fourth-order valence-electron chi connectivity index (χ4n) is 1.81. The van der Waals surface area contributed by atoms with Crippen molar-refractivity contribution in [2.24, 2.45) is 0 Å². The Hall–Kier alpha value is -1.12. The molecule has 0 spiro atoms. The van der Waals surface area contributed by atoms with Crippen molar-refractivity contribution >= 4 is 25.5 Å². The van der Waals surface area contributed by atoms with Gasteiger partial charge in [-0.1, -0.05) is 0 Å². The molecule has 5 nitrogen and oxygen atoms in total. The summed E-state index contributed by atoms with van der Waals surface area (Å²) in [5, 5.41) is 0. The molecule has 124 valence electrons. The second-order valence-electron chi connectivity index (χ2n) is 5.80. The Kier molecular flexibility index (Phi) is 6.40. The third-order valence-corrected chi connectivity index (χ3v) is 2.85. The molecule has 0 aromatic heterocycles. The lowest BCUT2D eigenvalue weighted by Gasteiger charge is -2.42. The summed E-state index contributed by atoms with van der Waals surface area (Å²) in [6.45, 7) is 5.39. The largest absolute Gasteiger partial charge is 0.471 e. The molecule has 0 saturated carbocycles. The van der Waals surface area contributed by atoms with Crippen LogP contribution < -0.4 is 0 Å². The smallest absolute Gasteiger partial charge is 0.444 e. The molecule has 1 saturated heterocycles. The number of likely N-dealkylation sites (N-methyl/N-ethyl adjacent to an activating group) is 1. The number of nitrogens with zero attached hydrogens (tertiary/aromatic N) is 2. The van der Waals surface area contributed by atoms with E-state index in [-0.39, 0.29) is 20.0 Å². The van der Waals surface area contributed by atoms with E-state index in [1.807, 2.05) is 0 Å². The SMILES string of the molecule is CN(C[C@@H]1CCN1C(=O)OC(C)(C)C)C(=O)C(F)(F)F.S. The highest BCUT2D eigenvalue weighted by Gasteiger charge is 2.43. The molecule has 9 heteroatoms. The van der Waals surface area contributed by atoms with Gasteiger partial charge in [0.2, 0.25) is 0 Å². The zero-order valence-electron chi connectivity index (χ0n) is 12.5. The van der Waals surface area contributed by atoms with Gasteiger partial charge in [0.05, 0.1) is 6.04 Å². The van der Waals surface area contributed by atoms with Crippen LogP contribution in [0.25, 0.3) is 0 Å². The number of amides is 2. The molecule has 1 aliphatic heterocycles. The number of hydrogen-bond donors (Lipinski definition) is 0. The zero-order valence-corrected chi connectivity index (χ0v) is 13.5. The fraction of sp³-hybridized carbons (Fsp3) is 0.833. The van der Waals surface area contributed by atoms with Crippen LogP contribution in [-0.4, -0.2) is 59.8 Å². The zero-order chi connectivity index (χ0) is 15.7. The third kappa shape index (κ3) is 5.64. The van der Waals surface area contributed by atoms with Gasteiger partial charge in [-0.05, 0) is 27.2 Å². The summed E-state index contributed by atoms with van der Waals surface area (Å²) in [5.41, 5.74) is -0.662. The van der Waals surface area contributed by atoms with Crippen molar-refractivity contribution in [3.05, 3.63) is 0 Å². The average Bonchev–Trinajstić information content (AvgIpc) is 2.18. The number of rotatable bonds is 2. The molecule has 1 heterocycles. The number of carbonyl (C=O) groups is 2. The maximum atomic E-state index is 12.3. The first-order valence-electron chi connectivity index (χ1n) is 6.24. The molecule has 21 heavy (non-hydrogen) atoms. The van der Waals surface area contributed by atoms with Crippen LogP contribution >= 0.6 is 13.5 Å². The number of alkyl halides is 3. The standard InChI is InChI=1S/C12H19F3N2O3.H2S/c1-11(2,3)20-10(19)17-6-5-8(17)7-16(4)9(18)12(13,14)15;/h8H,5-7H2,1-4H3;1H2/t8-;/m0./s1. The maximum Gasteiger partial charge on any atom is 0.471 e. The Bertz CT molecular complexity index is 396. The minimum absolute atomic E-state index is 0. The summed E-state index contributed by atoms with van der Waals surface area (Å²) in [5.74, 6) is -1.91. The quantitative estimate of drug-likeness (QED) is 0.779. The van der Waals surface area contributed by atoms with E-state index in [2.05, 4.69) is 0 Å². The summed E-state index contributed by atoms with van der Waals surface area (Å²) in [4.78, 5) is 24.7. The van der Waals surface area contributed by atoms with E-state index in [9.17, 15) is 22.8 Å². The second-order valence-corrected chi connectivity index (χ2v) is 5.80. The first kappa shape index (κ1) is 19.9. The highest BCUT2D eigenvalue weighted by molar-refractivity contribution is 7.59. The Balaban J connectivity index is 0.00000400. The second kappa shape index (κ2) is 6.76. The Labute approximate surface area is 128 Å². The van der Waals surface area contributed by atoms with Crippen LogP contribution in [0.2, 0.25) is 0 Å². The lowest BCUT2D eigenvalue weighted by Crippen LogP contribution is -2.58. The van der Waals surface area contributed by atoms with E-state index < -0.39 is 29.8 Å². The van der Waals surface area contributed by atoms with Gasteiger partial charge in [0.15, 0.2) is 0 Å². The van der Waals surface area contributed by atoms with Gasteiger partial charge in [0, 0.05) is 20.1 Å². The third-order valence-electron chi connectivity index (χ3n) is 2.85. The summed E-state index contributed by atoms with van der Waals surface area (Å²) in [6, 6.07) is -0.429. The van der Waals surface area contributed by atoms with Gasteiger partial charge in [0.1, 0.15) is 5.60 Å². The van der Waals surface area contributed by atoms with E-state index in [4.69, 9.17) is 4.74 Å². The molecule has 0 aromatic rings. The van der Waals surface area contributed by atoms with Gasteiger partial charge >= 0.3 is 18.2 Å². The lowest BCUT2D eigenvalue weighted by molar-refractivity contribution is -0.185. The van der Waals surface area contributed by atoms with Crippen LogP contribution in [0, 0.1) is 0 Å². The predicted molar refractivity (Wildman–Crippen MR) is 75.4 cm³/mol. The molecule has 0 aliphatic carbocycles. The van der Waals surface area contributed by atoms with Crippen molar-refractivity contribution in [2.45, 2.75) is 45.0 Å². The molecular weight excluding hydrogens is 309 g/mol. The number of carbonyl (C=O) groups excluding carboxylic acids is 2. The molecule has 0 aromatic carbocycles.